The molecule has 1 aliphatic carbocycles. The second kappa shape index (κ2) is 7.61. The zero-order valence-electron chi connectivity index (χ0n) is 12.1. The van der Waals surface area contributed by atoms with Crippen LogP contribution in [0, 0.1) is 5.92 Å². The number of rotatable bonds is 9. The SMILES string of the molecule is CC(C)CN(CCCCc1nc(CCl)cs1)C1CC1. The number of aryl methyl sites for hydroxylation is 1. The van der Waals surface area contributed by atoms with E-state index in [9.17, 15) is 0 Å². The van der Waals surface area contributed by atoms with E-state index in [2.05, 4.69) is 29.1 Å². The molecule has 1 heterocycles. The summed E-state index contributed by atoms with van der Waals surface area (Å²) in [6.07, 6.45) is 6.48. The van der Waals surface area contributed by atoms with E-state index in [0.29, 0.717) is 5.88 Å². The molecule has 19 heavy (non-hydrogen) atoms. The van der Waals surface area contributed by atoms with E-state index >= 15 is 0 Å². The molecule has 0 N–H and O–H groups in total. The standard InChI is InChI=1S/C15H25ClN2S/c1-12(2)10-18(14-6-7-14)8-4-3-5-15-17-13(9-16)11-19-15/h11-12,14H,3-10H2,1-2H3. The van der Waals surface area contributed by atoms with E-state index in [4.69, 9.17) is 11.6 Å². The van der Waals surface area contributed by atoms with Crippen molar-refractivity contribution in [2.75, 3.05) is 13.1 Å². The average molecular weight is 301 g/mol. The molecule has 0 aromatic carbocycles. The Bertz CT molecular complexity index is 374. The van der Waals surface area contributed by atoms with E-state index < -0.39 is 0 Å². The molecule has 0 spiro atoms. The lowest BCUT2D eigenvalue weighted by Crippen LogP contribution is -2.31. The van der Waals surface area contributed by atoms with Gasteiger partial charge >= 0.3 is 0 Å². The van der Waals surface area contributed by atoms with E-state index in [1.54, 1.807) is 11.3 Å². The molecular weight excluding hydrogens is 276 g/mol. The molecule has 0 unspecified atom stereocenters. The van der Waals surface area contributed by atoms with Gasteiger partial charge in [-0.15, -0.1) is 22.9 Å². The minimum absolute atomic E-state index is 0.542. The maximum absolute atomic E-state index is 5.77. The van der Waals surface area contributed by atoms with Crippen molar-refractivity contribution in [1.82, 2.24) is 9.88 Å². The molecule has 1 aliphatic rings. The predicted octanol–water partition coefficient (Wildman–Crippen LogP) is 4.33. The van der Waals surface area contributed by atoms with Crippen molar-refractivity contribution in [2.45, 2.75) is 57.9 Å². The molecule has 0 radical (unpaired) electrons. The summed E-state index contributed by atoms with van der Waals surface area (Å²) in [5, 5.41) is 3.33. The number of hydrogen-bond acceptors (Lipinski definition) is 3. The fourth-order valence-corrected chi connectivity index (χ4v) is 3.52. The topological polar surface area (TPSA) is 16.1 Å². The van der Waals surface area contributed by atoms with Crippen LogP contribution in [0.5, 0.6) is 0 Å². The first-order chi connectivity index (χ1) is 9.19. The highest BCUT2D eigenvalue weighted by Gasteiger charge is 2.28. The number of nitrogens with zero attached hydrogens (tertiary/aromatic N) is 2. The molecule has 1 saturated carbocycles. The van der Waals surface area contributed by atoms with Crippen LogP contribution >= 0.6 is 22.9 Å². The third kappa shape index (κ3) is 5.41. The zero-order valence-corrected chi connectivity index (χ0v) is 13.6. The molecular formula is C15H25ClN2S. The smallest absolute Gasteiger partial charge is 0.0928 e. The zero-order chi connectivity index (χ0) is 13.7. The molecule has 0 bridgehead atoms. The lowest BCUT2D eigenvalue weighted by molar-refractivity contribution is 0.230. The monoisotopic (exact) mass is 300 g/mol. The first-order valence-electron chi connectivity index (χ1n) is 7.42. The van der Waals surface area contributed by atoms with Gasteiger partial charge in [0.25, 0.3) is 0 Å². The van der Waals surface area contributed by atoms with E-state index in [-0.39, 0.29) is 0 Å². The van der Waals surface area contributed by atoms with Gasteiger partial charge in [-0.2, -0.15) is 0 Å². The molecule has 4 heteroatoms. The van der Waals surface area contributed by atoms with Crippen molar-refractivity contribution >= 4 is 22.9 Å². The van der Waals surface area contributed by atoms with Crippen molar-refractivity contribution in [2.24, 2.45) is 5.92 Å². The minimum Gasteiger partial charge on any atom is -0.300 e. The van der Waals surface area contributed by atoms with Crippen LogP contribution in [0.4, 0.5) is 0 Å². The number of alkyl halides is 1. The van der Waals surface area contributed by atoms with Gasteiger partial charge in [-0.1, -0.05) is 13.8 Å². The molecule has 2 nitrogen and oxygen atoms in total. The highest BCUT2D eigenvalue weighted by atomic mass is 35.5. The van der Waals surface area contributed by atoms with Crippen LogP contribution < -0.4 is 0 Å². The number of thiazole rings is 1. The number of halogens is 1. The van der Waals surface area contributed by atoms with E-state index in [1.165, 1.54) is 43.8 Å². The second-order valence-corrected chi connectivity index (χ2v) is 7.15. The lowest BCUT2D eigenvalue weighted by Gasteiger charge is -2.23. The summed E-state index contributed by atoms with van der Waals surface area (Å²) in [5.41, 5.74) is 1.03. The Morgan fingerprint density at radius 3 is 2.79 bits per heavy atom. The van der Waals surface area contributed by atoms with Gasteiger partial charge < -0.3 is 4.90 Å². The van der Waals surface area contributed by atoms with Gasteiger partial charge in [0.05, 0.1) is 16.6 Å². The Labute approximate surface area is 126 Å². The number of hydrogen-bond donors (Lipinski definition) is 0. The molecule has 108 valence electrons. The quantitative estimate of drug-likeness (QED) is 0.498. The van der Waals surface area contributed by atoms with Gasteiger partial charge in [-0.3, -0.25) is 0 Å². The molecule has 0 saturated heterocycles. The van der Waals surface area contributed by atoms with Crippen molar-refractivity contribution in [3.8, 4) is 0 Å². The largest absolute Gasteiger partial charge is 0.300 e. The van der Waals surface area contributed by atoms with Gasteiger partial charge in [0.15, 0.2) is 0 Å². The van der Waals surface area contributed by atoms with Crippen LogP contribution in [0.3, 0.4) is 0 Å². The molecule has 1 aromatic rings. The van der Waals surface area contributed by atoms with Gasteiger partial charge in [0.2, 0.25) is 0 Å². The second-order valence-electron chi connectivity index (χ2n) is 5.94. The van der Waals surface area contributed by atoms with E-state index in [1.807, 2.05) is 0 Å². The van der Waals surface area contributed by atoms with Crippen LogP contribution in [-0.2, 0) is 12.3 Å². The fraction of sp³-hybridized carbons (Fsp3) is 0.800. The van der Waals surface area contributed by atoms with Gasteiger partial charge in [-0.25, -0.2) is 4.98 Å². The van der Waals surface area contributed by atoms with Crippen LogP contribution in [0.2, 0.25) is 0 Å². The Morgan fingerprint density at radius 2 is 2.21 bits per heavy atom. The lowest BCUT2D eigenvalue weighted by atomic mass is 10.2. The molecule has 1 fully saturated rings. The summed E-state index contributed by atoms with van der Waals surface area (Å²) in [6.45, 7) is 7.16. The number of aromatic nitrogens is 1. The Hall–Kier alpha value is -0.120. The van der Waals surface area contributed by atoms with Crippen LogP contribution in [0.25, 0.3) is 0 Å². The van der Waals surface area contributed by atoms with Crippen molar-refractivity contribution in [3.63, 3.8) is 0 Å². The Kier molecular flexibility index (Phi) is 6.11. The summed E-state index contributed by atoms with van der Waals surface area (Å²) in [6, 6.07) is 0.894. The summed E-state index contributed by atoms with van der Waals surface area (Å²) < 4.78 is 0. The third-order valence-electron chi connectivity index (χ3n) is 3.49. The van der Waals surface area contributed by atoms with Crippen LogP contribution in [0.15, 0.2) is 5.38 Å². The maximum atomic E-state index is 5.77. The first-order valence-corrected chi connectivity index (χ1v) is 8.83. The predicted molar refractivity (Wildman–Crippen MR) is 84.0 cm³/mol. The van der Waals surface area contributed by atoms with Crippen LogP contribution in [-0.4, -0.2) is 29.0 Å². The van der Waals surface area contributed by atoms with Crippen molar-refractivity contribution < 1.29 is 0 Å². The highest BCUT2D eigenvalue weighted by Crippen LogP contribution is 2.27. The summed E-state index contributed by atoms with van der Waals surface area (Å²) in [7, 11) is 0. The van der Waals surface area contributed by atoms with Gasteiger partial charge in [0, 0.05) is 18.0 Å². The molecule has 0 amide bonds. The Morgan fingerprint density at radius 1 is 1.42 bits per heavy atom. The number of unbranched alkanes of at least 4 members (excludes halogenated alkanes) is 1. The molecule has 0 aliphatic heterocycles. The summed E-state index contributed by atoms with van der Waals surface area (Å²) >= 11 is 7.52. The average Bonchev–Trinajstić information content (AvgIpc) is 3.12. The van der Waals surface area contributed by atoms with Gasteiger partial charge in [-0.05, 0) is 44.6 Å². The van der Waals surface area contributed by atoms with Crippen molar-refractivity contribution in [1.29, 1.82) is 0 Å². The fourth-order valence-electron chi connectivity index (χ4n) is 2.45. The van der Waals surface area contributed by atoms with Crippen LogP contribution in [0.1, 0.15) is 50.2 Å². The highest BCUT2D eigenvalue weighted by molar-refractivity contribution is 7.09. The summed E-state index contributed by atoms with van der Waals surface area (Å²) in [4.78, 5) is 7.21. The Balaban J connectivity index is 1.64. The maximum Gasteiger partial charge on any atom is 0.0928 e. The van der Waals surface area contributed by atoms with Gasteiger partial charge in [0.1, 0.15) is 0 Å². The minimum atomic E-state index is 0.542. The normalized spacial score (nSPS) is 15.6. The molecule has 1 aromatic heterocycles. The van der Waals surface area contributed by atoms with Crippen molar-refractivity contribution in [3.05, 3.63) is 16.1 Å². The van der Waals surface area contributed by atoms with E-state index in [0.717, 1.165) is 24.1 Å². The molecule has 2 rings (SSSR count). The first kappa shape index (κ1) is 15.3. The molecule has 0 atom stereocenters. The summed E-state index contributed by atoms with van der Waals surface area (Å²) in [5.74, 6) is 1.33. The third-order valence-corrected chi connectivity index (χ3v) is 4.72.